The molecule has 1 aliphatic heterocycles. The zero-order chi connectivity index (χ0) is 22.5. The lowest BCUT2D eigenvalue weighted by molar-refractivity contribution is -0.140. The number of nitrogens with one attached hydrogen (secondary N) is 2. The van der Waals surface area contributed by atoms with Crippen molar-refractivity contribution < 1.29 is 19.1 Å². The summed E-state index contributed by atoms with van der Waals surface area (Å²) in [6.07, 6.45) is 0. The van der Waals surface area contributed by atoms with Crippen LogP contribution < -0.4 is 15.4 Å². The van der Waals surface area contributed by atoms with E-state index in [0.29, 0.717) is 39.2 Å². The van der Waals surface area contributed by atoms with Crippen LogP contribution >= 0.6 is 23.2 Å². The summed E-state index contributed by atoms with van der Waals surface area (Å²) in [6, 6.07) is 11.5. The van der Waals surface area contributed by atoms with E-state index in [-0.39, 0.29) is 18.6 Å². The molecule has 0 aromatic heterocycles. The third kappa shape index (κ3) is 5.93. The molecule has 1 unspecified atom stereocenters. The third-order valence-electron chi connectivity index (χ3n) is 4.62. The highest BCUT2D eigenvalue weighted by Gasteiger charge is 2.32. The summed E-state index contributed by atoms with van der Waals surface area (Å²) < 4.78 is 11.3. The number of halogens is 2. The SMILES string of the molecule is CC1=C(C(=O)OCC(C)C)C(c2cccc(OCc3ccc(Cl)c(Cl)c3)c2)NC(=O)N1. The molecule has 164 valence electrons. The molecular formula is C23H24Cl2N2O4. The minimum absolute atomic E-state index is 0.201. The van der Waals surface area contributed by atoms with Gasteiger partial charge in [-0.1, -0.05) is 55.2 Å². The molecule has 2 aromatic rings. The average molecular weight is 463 g/mol. The van der Waals surface area contributed by atoms with Crippen molar-refractivity contribution in [3.8, 4) is 5.75 Å². The van der Waals surface area contributed by atoms with Crippen LogP contribution in [0.5, 0.6) is 5.75 Å². The van der Waals surface area contributed by atoms with E-state index in [0.717, 1.165) is 5.56 Å². The highest BCUT2D eigenvalue weighted by molar-refractivity contribution is 6.42. The number of esters is 1. The van der Waals surface area contributed by atoms with Gasteiger partial charge >= 0.3 is 12.0 Å². The summed E-state index contributed by atoms with van der Waals surface area (Å²) in [6.45, 7) is 6.19. The Hall–Kier alpha value is -2.70. The van der Waals surface area contributed by atoms with Crippen molar-refractivity contribution in [1.82, 2.24) is 10.6 Å². The van der Waals surface area contributed by atoms with Gasteiger partial charge in [-0.05, 0) is 48.2 Å². The van der Waals surface area contributed by atoms with Gasteiger partial charge in [0.25, 0.3) is 0 Å². The van der Waals surface area contributed by atoms with E-state index in [2.05, 4.69) is 10.6 Å². The van der Waals surface area contributed by atoms with Crippen molar-refractivity contribution in [3.05, 3.63) is 74.9 Å². The molecule has 8 heteroatoms. The van der Waals surface area contributed by atoms with E-state index >= 15 is 0 Å². The molecule has 0 bridgehead atoms. The lowest BCUT2D eigenvalue weighted by atomic mass is 9.95. The second-order valence-corrected chi connectivity index (χ2v) is 8.49. The Morgan fingerprint density at radius 3 is 2.61 bits per heavy atom. The highest BCUT2D eigenvalue weighted by atomic mass is 35.5. The highest BCUT2D eigenvalue weighted by Crippen LogP contribution is 2.30. The van der Waals surface area contributed by atoms with Gasteiger partial charge in [0.1, 0.15) is 12.4 Å². The summed E-state index contributed by atoms with van der Waals surface area (Å²) in [5.41, 5.74) is 2.40. The number of rotatable bonds is 7. The molecule has 6 nitrogen and oxygen atoms in total. The van der Waals surface area contributed by atoms with E-state index in [9.17, 15) is 9.59 Å². The number of carbonyl (C=O) groups is 2. The van der Waals surface area contributed by atoms with Crippen LogP contribution in [0.4, 0.5) is 4.79 Å². The van der Waals surface area contributed by atoms with Crippen LogP contribution in [0.3, 0.4) is 0 Å². The van der Waals surface area contributed by atoms with Gasteiger partial charge in [0.05, 0.1) is 28.3 Å². The zero-order valence-corrected chi connectivity index (χ0v) is 19.0. The molecular weight excluding hydrogens is 439 g/mol. The Morgan fingerprint density at radius 1 is 1.13 bits per heavy atom. The number of amides is 2. The molecule has 3 rings (SSSR count). The van der Waals surface area contributed by atoms with Gasteiger partial charge in [-0.15, -0.1) is 0 Å². The maximum atomic E-state index is 12.7. The number of benzene rings is 2. The summed E-state index contributed by atoms with van der Waals surface area (Å²) in [5, 5.41) is 6.38. The van der Waals surface area contributed by atoms with E-state index < -0.39 is 12.0 Å². The minimum atomic E-state index is -0.651. The fraction of sp³-hybridized carbons (Fsp3) is 0.304. The molecule has 0 fully saturated rings. The fourth-order valence-electron chi connectivity index (χ4n) is 3.11. The van der Waals surface area contributed by atoms with E-state index in [1.54, 1.807) is 37.3 Å². The summed E-state index contributed by atoms with van der Waals surface area (Å²) in [4.78, 5) is 24.8. The van der Waals surface area contributed by atoms with Crippen molar-refractivity contribution in [2.24, 2.45) is 5.92 Å². The molecule has 1 heterocycles. The van der Waals surface area contributed by atoms with Crippen molar-refractivity contribution in [2.45, 2.75) is 33.4 Å². The Morgan fingerprint density at radius 2 is 1.90 bits per heavy atom. The Kier molecular flexibility index (Phi) is 7.46. The third-order valence-corrected chi connectivity index (χ3v) is 5.36. The normalized spacial score (nSPS) is 16.1. The quantitative estimate of drug-likeness (QED) is 0.540. The van der Waals surface area contributed by atoms with Crippen molar-refractivity contribution >= 4 is 35.2 Å². The molecule has 2 N–H and O–H groups in total. The van der Waals surface area contributed by atoms with Crippen LogP contribution in [0.2, 0.25) is 10.0 Å². The number of allylic oxidation sites excluding steroid dienone is 1. The second kappa shape index (κ2) is 10.1. The molecule has 31 heavy (non-hydrogen) atoms. The van der Waals surface area contributed by atoms with Gasteiger partial charge in [0.15, 0.2) is 0 Å². The maximum absolute atomic E-state index is 12.7. The first-order valence-electron chi connectivity index (χ1n) is 9.86. The maximum Gasteiger partial charge on any atom is 0.338 e. The van der Waals surface area contributed by atoms with Crippen LogP contribution in [0.15, 0.2) is 53.7 Å². The second-order valence-electron chi connectivity index (χ2n) is 7.67. The molecule has 0 saturated heterocycles. The molecule has 2 amide bonds. The van der Waals surface area contributed by atoms with E-state index in [1.807, 2.05) is 26.0 Å². The van der Waals surface area contributed by atoms with Crippen molar-refractivity contribution in [1.29, 1.82) is 0 Å². The zero-order valence-electron chi connectivity index (χ0n) is 17.5. The summed E-state index contributed by atoms with van der Waals surface area (Å²) >= 11 is 12.0. The molecule has 1 atom stereocenters. The van der Waals surface area contributed by atoms with Crippen LogP contribution in [0.1, 0.15) is 37.9 Å². The molecule has 1 aliphatic rings. The standard InChI is InChI=1S/C23H24Cl2N2O4/c1-13(2)11-31-22(28)20-14(3)26-23(29)27-21(20)16-5-4-6-17(10-16)30-12-15-7-8-18(24)19(25)9-15/h4-10,13,21H,11-12H2,1-3H3,(H2,26,27,29). The largest absolute Gasteiger partial charge is 0.489 e. The van der Waals surface area contributed by atoms with Crippen molar-refractivity contribution in [2.75, 3.05) is 6.61 Å². The van der Waals surface area contributed by atoms with Gasteiger partial charge in [-0.25, -0.2) is 9.59 Å². The predicted octanol–water partition coefficient (Wildman–Crippen LogP) is 5.40. The number of hydrogen-bond acceptors (Lipinski definition) is 4. The number of hydrogen-bond donors (Lipinski definition) is 2. The van der Waals surface area contributed by atoms with Crippen LogP contribution in [0.25, 0.3) is 0 Å². The summed E-state index contributed by atoms with van der Waals surface area (Å²) in [7, 11) is 0. The lowest BCUT2D eigenvalue weighted by Crippen LogP contribution is -2.45. The van der Waals surface area contributed by atoms with Crippen LogP contribution in [-0.4, -0.2) is 18.6 Å². The van der Waals surface area contributed by atoms with Gasteiger partial charge in [0.2, 0.25) is 0 Å². The summed E-state index contributed by atoms with van der Waals surface area (Å²) in [5.74, 6) is 0.322. The Labute approximate surface area is 191 Å². The molecule has 0 saturated carbocycles. The molecule has 0 aliphatic carbocycles. The number of urea groups is 1. The fourth-order valence-corrected chi connectivity index (χ4v) is 3.44. The Bertz CT molecular complexity index is 1020. The lowest BCUT2D eigenvalue weighted by Gasteiger charge is -2.28. The van der Waals surface area contributed by atoms with E-state index in [4.69, 9.17) is 32.7 Å². The van der Waals surface area contributed by atoms with Crippen LogP contribution in [0, 0.1) is 5.92 Å². The molecule has 0 radical (unpaired) electrons. The van der Waals surface area contributed by atoms with E-state index in [1.165, 1.54) is 0 Å². The average Bonchev–Trinajstić information content (AvgIpc) is 2.72. The number of carbonyl (C=O) groups excluding carboxylic acids is 2. The first-order chi connectivity index (χ1) is 14.7. The Balaban J connectivity index is 1.81. The monoisotopic (exact) mass is 462 g/mol. The first-order valence-corrected chi connectivity index (χ1v) is 10.6. The minimum Gasteiger partial charge on any atom is -0.489 e. The smallest absolute Gasteiger partial charge is 0.338 e. The van der Waals surface area contributed by atoms with Crippen LogP contribution in [-0.2, 0) is 16.1 Å². The van der Waals surface area contributed by atoms with Gasteiger partial charge in [-0.2, -0.15) is 0 Å². The predicted molar refractivity (Wildman–Crippen MR) is 120 cm³/mol. The topological polar surface area (TPSA) is 76.7 Å². The van der Waals surface area contributed by atoms with Gasteiger partial charge < -0.3 is 20.1 Å². The van der Waals surface area contributed by atoms with Gasteiger partial charge in [0, 0.05) is 5.70 Å². The van der Waals surface area contributed by atoms with Gasteiger partial charge in [-0.3, -0.25) is 0 Å². The first kappa shape index (κ1) is 23.0. The molecule has 2 aromatic carbocycles. The molecule has 0 spiro atoms. The number of ether oxygens (including phenoxy) is 2. The van der Waals surface area contributed by atoms with Crippen molar-refractivity contribution in [3.63, 3.8) is 0 Å².